The van der Waals surface area contributed by atoms with Crippen LogP contribution >= 0.6 is 0 Å². The molecule has 6 nitrogen and oxygen atoms in total. The predicted molar refractivity (Wildman–Crippen MR) is 66.9 cm³/mol. The molecule has 8 heteroatoms. The van der Waals surface area contributed by atoms with Crippen molar-refractivity contribution < 1.29 is 17.1 Å². The van der Waals surface area contributed by atoms with E-state index in [2.05, 4.69) is 9.97 Å². The topological polar surface area (TPSA) is 83.1 Å². The molecule has 3 rings (SSSR count). The maximum absolute atomic E-state index is 12.9. The number of halogens is 1. The molecule has 1 saturated heterocycles. The van der Waals surface area contributed by atoms with Crippen molar-refractivity contribution in [2.75, 3.05) is 11.4 Å². The summed E-state index contributed by atoms with van der Waals surface area (Å²) in [6.45, 7) is -0.171. The number of rotatable bonds is 2. The Balaban J connectivity index is 1.96. The molecule has 0 aromatic carbocycles. The summed E-state index contributed by atoms with van der Waals surface area (Å²) in [7, 11) is -4.70. The number of carbonyl (C=O) groups is 1. The SMILES string of the molecule is O=C1CC(S(=O)(=O)F)CN1c1cnc2[nH]ccc2c1. The van der Waals surface area contributed by atoms with Crippen LogP contribution in [-0.4, -0.2) is 36.1 Å². The number of nitrogens with zero attached hydrogens (tertiary/aromatic N) is 2. The van der Waals surface area contributed by atoms with E-state index in [1.54, 1.807) is 18.3 Å². The Morgan fingerprint density at radius 2 is 2.26 bits per heavy atom. The van der Waals surface area contributed by atoms with Gasteiger partial charge in [-0.05, 0) is 12.1 Å². The van der Waals surface area contributed by atoms with E-state index in [9.17, 15) is 17.1 Å². The number of nitrogens with one attached hydrogen (secondary N) is 1. The van der Waals surface area contributed by atoms with Crippen molar-refractivity contribution in [3.05, 3.63) is 24.5 Å². The first kappa shape index (κ1) is 12.1. The van der Waals surface area contributed by atoms with Gasteiger partial charge in [-0.25, -0.2) is 4.98 Å². The Labute approximate surface area is 108 Å². The summed E-state index contributed by atoms with van der Waals surface area (Å²) in [5.74, 6) is -0.414. The highest BCUT2D eigenvalue weighted by Crippen LogP contribution is 2.27. The van der Waals surface area contributed by atoms with Crippen LogP contribution in [0.3, 0.4) is 0 Å². The lowest BCUT2D eigenvalue weighted by molar-refractivity contribution is -0.117. The molecule has 100 valence electrons. The summed E-state index contributed by atoms with van der Waals surface area (Å²) in [6, 6.07) is 3.50. The lowest BCUT2D eigenvalue weighted by atomic mass is 10.3. The zero-order valence-corrected chi connectivity index (χ0v) is 10.5. The van der Waals surface area contributed by atoms with Crippen molar-refractivity contribution in [1.82, 2.24) is 9.97 Å². The van der Waals surface area contributed by atoms with Crippen LogP contribution in [0.2, 0.25) is 0 Å². The number of pyridine rings is 1. The van der Waals surface area contributed by atoms with Gasteiger partial charge in [-0.3, -0.25) is 4.79 Å². The second-order valence-electron chi connectivity index (χ2n) is 4.42. The molecule has 1 amide bonds. The van der Waals surface area contributed by atoms with Gasteiger partial charge in [0.2, 0.25) is 5.91 Å². The molecule has 1 N–H and O–H groups in total. The molecule has 1 aliphatic heterocycles. The Kier molecular flexibility index (Phi) is 2.56. The third-order valence-electron chi connectivity index (χ3n) is 3.19. The van der Waals surface area contributed by atoms with Crippen molar-refractivity contribution in [2.45, 2.75) is 11.7 Å². The zero-order valence-electron chi connectivity index (χ0n) is 9.71. The standard InChI is InChI=1S/C11H10FN3O3S/c12-19(17,18)9-4-10(16)15(6-9)8-3-7-1-2-13-11(7)14-5-8/h1-3,5,9H,4,6H2,(H,13,14). The first-order valence-electron chi connectivity index (χ1n) is 5.62. The van der Waals surface area contributed by atoms with Gasteiger partial charge >= 0.3 is 10.2 Å². The third kappa shape index (κ3) is 2.07. The van der Waals surface area contributed by atoms with E-state index >= 15 is 0 Å². The lowest BCUT2D eigenvalue weighted by Gasteiger charge is -2.15. The minimum absolute atomic E-state index is 0.171. The van der Waals surface area contributed by atoms with Crippen LogP contribution in [0.5, 0.6) is 0 Å². The molecule has 2 aromatic heterocycles. The number of amides is 1. The number of fused-ring (bicyclic) bond motifs is 1. The number of carbonyl (C=O) groups excluding carboxylic acids is 1. The van der Waals surface area contributed by atoms with Gasteiger partial charge in [-0.15, -0.1) is 3.89 Å². The Bertz CT molecular complexity index is 755. The Morgan fingerprint density at radius 1 is 1.47 bits per heavy atom. The first-order chi connectivity index (χ1) is 8.95. The van der Waals surface area contributed by atoms with Crippen molar-refractivity contribution >= 4 is 32.9 Å². The molecule has 0 spiro atoms. The number of hydrogen-bond acceptors (Lipinski definition) is 4. The van der Waals surface area contributed by atoms with Crippen molar-refractivity contribution in [1.29, 1.82) is 0 Å². The highest BCUT2D eigenvalue weighted by atomic mass is 32.3. The number of aromatic nitrogens is 2. The molecule has 0 aliphatic carbocycles. The zero-order chi connectivity index (χ0) is 13.6. The monoisotopic (exact) mass is 283 g/mol. The molecule has 0 saturated carbocycles. The molecule has 1 fully saturated rings. The van der Waals surface area contributed by atoms with Gasteiger partial charge in [-0.2, -0.15) is 8.42 Å². The quantitative estimate of drug-likeness (QED) is 0.832. The van der Waals surface area contributed by atoms with Gasteiger partial charge in [0.15, 0.2) is 0 Å². The fraction of sp³-hybridized carbons (Fsp3) is 0.273. The van der Waals surface area contributed by atoms with E-state index < -0.39 is 21.4 Å². The number of hydrogen-bond donors (Lipinski definition) is 1. The minimum Gasteiger partial charge on any atom is -0.346 e. The van der Waals surface area contributed by atoms with E-state index in [0.29, 0.717) is 11.3 Å². The second kappa shape index (κ2) is 4.02. The summed E-state index contributed by atoms with van der Waals surface area (Å²) < 4.78 is 34.7. The van der Waals surface area contributed by atoms with Crippen molar-refractivity contribution in [3.8, 4) is 0 Å². The van der Waals surface area contributed by atoms with Crippen LogP contribution in [0.4, 0.5) is 9.57 Å². The average molecular weight is 283 g/mol. The van der Waals surface area contributed by atoms with Crippen LogP contribution in [0, 0.1) is 0 Å². The van der Waals surface area contributed by atoms with Gasteiger partial charge in [0, 0.05) is 24.5 Å². The Hall–Kier alpha value is -1.96. The number of anilines is 1. The van der Waals surface area contributed by atoms with Crippen LogP contribution in [0.15, 0.2) is 24.5 Å². The third-order valence-corrected chi connectivity index (χ3v) is 4.30. The molecule has 19 heavy (non-hydrogen) atoms. The first-order valence-corrected chi connectivity index (χ1v) is 7.07. The molecule has 0 radical (unpaired) electrons. The minimum atomic E-state index is -4.70. The van der Waals surface area contributed by atoms with Crippen LogP contribution < -0.4 is 4.90 Å². The Morgan fingerprint density at radius 3 is 2.95 bits per heavy atom. The molecule has 1 unspecified atom stereocenters. The maximum atomic E-state index is 12.9. The van der Waals surface area contributed by atoms with E-state index in [4.69, 9.17) is 0 Å². The van der Waals surface area contributed by atoms with E-state index in [-0.39, 0.29) is 13.0 Å². The molecule has 2 aromatic rings. The highest BCUT2D eigenvalue weighted by molar-refractivity contribution is 7.87. The maximum Gasteiger partial charge on any atom is 0.307 e. The van der Waals surface area contributed by atoms with Gasteiger partial charge in [0.25, 0.3) is 0 Å². The fourth-order valence-electron chi connectivity index (χ4n) is 2.19. The normalized spacial score (nSPS) is 20.4. The van der Waals surface area contributed by atoms with E-state index in [1.165, 1.54) is 11.1 Å². The average Bonchev–Trinajstić information content (AvgIpc) is 2.92. The largest absolute Gasteiger partial charge is 0.346 e. The van der Waals surface area contributed by atoms with Crippen molar-refractivity contribution in [3.63, 3.8) is 0 Å². The molecular formula is C11H10FN3O3S. The smallest absolute Gasteiger partial charge is 0.307 e. The summed E-state index contributed by atoms with van der Waals surface area (Å²) in [4.78, 5) is 20.0. The van der Waals surface area contributed by atoms with Gasteiger partial charge in [-0.1, -0.05) is 0 Å². The van der Waals surface area contributed by atoms with Crippen LogP contribution in [0.1, 0.15) is 6.42 Å². The summed E-state index contributed by atoms with van der Waals surface area (Å²) in [6.07, 6.45) is 2.84. The number of aromatic amines is 1. The van der Waals surface area contributed by atoms with E-state index in [1.807, 2.05) is 0 Å². The summed E-state index contributed by atoms with van der Waals surface area (Å²) >= 11 is 0. The van der Waals surface area contributed by atoms with Gasteiger partial charge in [0.05, 0.1) is 11.9 Å². The highest BCUT2D eigenvalue weighted by Gasteiger charge is 2.39. The number of H-pyrrole nitrogens is 1. The second-order valence-corrected chi connectivity index (χ2v) is 6.03. The molecule has 1 aliphatic rings. The van der Waals surface area contributed by atoms with Gasteiger partial charge < -0.3 is 9.88 Å². The summed E-state index contributed by atoms with van der Waals surface area (Å²) in [5, 5.41) is -0.487. The molecule has 1 atom stereocenters. The van der Waals surface area contributed by atoms with Crippen LogP contribution in [0.25, 0.3) is 11.0 Å². The molecule has 0 bridgehead atoms. The lowest BCUT2D eigenvalue weighted by Crippen LogP contribution is -2.26. The summed E-state index contributed by atoms with van der Waals surface area (Å²) in [5.41, 5.74) is 1.15. The molecule has 3 heterocycles. The fourth-order valence-corrected chi connectivity index (χ4v) is 2.86. The van der Waals surface area contributed by atoms with E-state index in [0.717, 1.165) is 5.39 Å². The van der Waals surface area contributed by atoms with Gasteiger partial charge in [0.1, 0.15) is 10.9 Å². The van der Waals surface area contributed by atoms with Crippen molar-refractivity contribution in [2.24, 2.45) is 0 Å². The predicted octanol–water partition coefficient (Wildman–Crippen LogP) is 0.968. The molecular weight excluding hydrogens is 273 g/mol. The van der Waals surface area contributed by atoms with Crippen LogP contribution in [-0.2, 0) is 15.0 Å².